The highest BCUT2D eigenvalue weighted by Crippen LogP contribution is 2.18. The van der Waals surface area contributed by atoms with E-state index >= 15 is 0 Å². The molecule has 0 N–H and O–H groups in total. The first-order valence-corrected chi connectivity index (χ1v) is 10.6. The van der Waals surface area contributed by atoms with Crippen LogP contribution in [0, 0.1) is 0 Å². The van der Waals surface area contributed by atoms with Crippen LogP contribution in [0.15, 0.2) is 54.6 Å². The highest BCUT2D eigenvalue weighted by Gasteiger charge is 2.26. The second-order valence-electron chi connectivity index (χ2n) is 7.19. The highest BCUT2D eigenvalue weighted by molar-refractivity contribution is 6.30. The largest absolute Gasteiger partial charge is 0.493 e. The minimum absolute atomic E-state index is 0.0469. The number of carbonyl (C=O) groups excluding carboxylic acids is 2. The zero-order valence-electron chi connectivity index (χ0n) is 17.1. The average molecular weight is 431 g/mol. The van der Waals surface area contributed by atoms with Crippen molar-refractivity contribution < 1.29 is 19.1 Å². The lowest BCUT2D eigenvalue weighted by Crippen LogP contribution is -2.43. The first kappa shape index (κ1) is 22.0. The number of rotatable bonds is 7. The van der Waals surface area contributed by atoms with Crippen LogP contribution < -0.4 is 9.47 Å². The molecular weight excluding hydrogens is 404 g/mol. The smallest absolute Gasteiger partial charge is 0.263 e. The second-order valence-corrected chi connectivity index (χ2v) is 7.62. The van der Waals surface area contributed by atoms with Gasteiger partial charge in [0.05, 0.1) is 13.0 Å². The molecule has 0 aromatic heterocycles. The quantitative estimate of drug-likeness (QED) is 0.673. The van der Waals surface area contributed by atoms with Crippen LogP contribution in [0.2, 0.25) is 5.02 Å². The van der Waals surface area contributed by atoms with E-state index in [0.717, 1.165) is 12.2 Å². The van der Waals surface area contributed by atoms with Crippen LogP contribution in [0.5, 0.6) is 11.5 Å². The van der Waals surface area contributed by atoms with Crippen molar-refractivity contribution in [1.29, 1.82) is 0 Å². The van der Waals surface area contributed by atoms with Gasteiger partial charge in [0.15, 0.2) is 6.10 Å². The van der Waals surface area contributed by atoms with Gasteiger partial charge in [0.2, 0.25) is 5.91 Å². The summed E-state index contributed by atoms with van der Waals surface area (Å²) in [6.45, 7) is 4.35. The number of carbonyl (C=O) groups is 2. The SMILES string of the molecule is CC(Oc1ccc(Cl)cc1)C(=O)N1CCCN(C(=O)CCOc2ccccc2)CC1. The summed E-state index contributed by atoms with van der Waals surface area (Å²) in [4.78, 5) is 28.9. The van der Waals surface area contributed by atoms with Gasteiger partial charge in [-0.25, -0.2) is 0 Å². The predicted molar refractivity (Wildman–Crippen MR) is 116 cm³/mol. The maximum Gasteiger partial charge on any atom is 0.263 e. The maximum atomic E-state index is 12.8. The van der Waals surface area contributed by atoms with Gasteiger partial charge in [-0.1, -0.05) is 29.8 Å². The Morgan fingerprint density at radius 1 is 0.933 bits per heavy atom. The zero-order valence-corrected chi connectivity index (χ0v) is 17.9. The minimum Gasteiger partial charge on any atom is -0.493 e. The molecule has 30 heavy (non-hydrogen) atoms. The fourth-order valence-corrected chi connectivity index (χ4v) is 3.47. The third kappa shape index (κ3) is 6.39. The van der Waals surface area contributed by atoms with E-state index in [-0.39, 0.29) is 11.8 Å². The lowest BCUT2D eigenvalue weighted by Gasteiger charge is -2.25. The Kier molecular flexibility index (Phi) is 7.97. The summed E-state index contributed by atoms with van der Waals surface area (Å²) in [6.07, 6.45) is 0.455. The van der Waals surface area contributed by atoms with E-state index in [0.29, 0.717) is 50.0 Å². The molecule has 0 spiro atoms. The van der Waals surface area contributed by atoms with E-state index in [9.17, 15) is 9.59 Å². The van der Waals surface area contributed by atoms with E-state index in [2.05, 4.69) is 0 Å². The number of hydrogen-bond donors (Lipinski definition) is 0. The van der Waals surface area contributed by atoms with Gasteiger partial charge in [-0.15, -0.1) is 0 Å². The molecular formula is C23H27ClN2O4. The maximum absolute atomic E-state index is 12.8. The van der Waals surface area contributed by atoms with Crippen molar-refractivity contribution in [2.45, 2.75) is 25.9 Å². The van der Waals surface area contributed by atoms with E-state index in [4.69, 9.17) is 21.1 Å². The predicted octanol–water partition coefficient (Wildman–Crippen LogP) is 3.64. The van der Waals surface area contributed by atoms with Crippen LogP contribution in [0.25, 0.3) is 0 Å². The summed E-state index contributed by atoms with van der Waals surface area (Å²) >= 11 is 5.88. The molecule has 1 heterocycles. The molecule has 1 atom stereocenters. The summed E-state index contributed by atoms with van der Waals surface area (Å²) in [5.74, 6) is 1.33. The molecule has 2 amide bonds. The van der Waals surface area contributed by atoms with Crippen molar-refractivity contribution in [2.24, 2.45) is 0 Å². The van der Waals surface area contributed by atoms with E-state index in [1.807, 2.05) is 35.2 Å². The topological polar surface area (TPSA) is 59.1 Å². The highest BCUT2D eigenvalue weighted by atomic mass is 35.5. The van der Waals surface area contributed by atoms with Crippen LogP contribution in [-0.4, -0.2) is 60.5 Å². The van der Waals surface area contributed by atoms with Crippen LogP contribution in [0.3, 0.4) is 0 Å². The molecule has 1 aliphatic heterocycles. The molecule has 1 fully saturated rings. The van der Waals surface area contributed by atoms with Crippen LogP contribution in [0.1, 0.15) is 19.8 Å². The van der Waals surface area contributed by atoms with E-state index in [1.165, 1.54) is 0 Å². The fourth-order valence-electron chi connectivity index (χ4n) is 3.34. The first-order chi connectivity index (χ1) is 14.5. The van der Waals surface area contributed by atoms with Gasteiger partial charge in [-0.3, -0.25) is 9.59 Å². The number of nitrogens with zero attached hydrogens (tertiary/aromatic N) is 2. The summed E-state index contributed by atoms with van der Waals surface area (Å²) in [5.41, 5.74) is 0. The third-order valence-corrected chi connectivity index (χ3v) is 5.21. The van der Waals surface area contributed by atoms with Crippen LogP contribution >= 0.6 is 11.6 Å². The van der Waals surface area contributed by atoms with Crippen LogP contribution in [0.4, 0.5) is 0 Å². The Labute approximate surface area is 182 Å². The molecule has 1 aliphatic rings. The van der Waals surface area contributed by atoms with Crippen molar-refractivity contribution in [3.63, 3.8) is 0 Å². The average Bonchev–Trinajstić information content (AvgIpc) is 3.02. The zero-order chi connectivity index (χ0) is 21.3. The lowest BCUT2D eigenvalue weighted by atomic mass is 10.3. The number of amides is 2. The van der Waals surface area contributed by atoms with E-state index < -0.39 is 6.10 Å². The number of ether oxygens (including phenoxy) is 2. The molecule has 0 bridgehead atoms. The first-order valence-electron chi connectivity index (χ1n) is 10.2. The Bertz CT molecular complexity index is 829. The van der Waals surface area contributed by atoms with Gasteiger partial charge in [0, 0.05) is 31.2 Å². The van der Waals surface area contributed by atoms with Gasteiger partial charge in [-0.05, 0) is 49.7 Å². The van der Waals surface area contributed by atoms with Gasteiger partial charge in [0.25, 0.3) is 5.91 Å². The normalized spacial score (nSPS) is 15.3. The number of benzene rings is 2. The molecule has 3 rings (SSSR count). The van der Waals surface area contributed by atoms with Crippen molar-refractivity contribution in [3.8, 4) is 11.5 Å². The Hall–Kier alpha value is -2.73. The van der Waals surface area contributed by atoms with Crippen molar-refractivity contribution in [1.82, 2.24) is 9.80 Å². The molecule has 6 nitrogen and oxygen atoms in total. The molecule has 1 saturated heterocycles. The Morgan fingerprint density at radius 3 is 2.33 bits per heavy atom. The van der Waals surface area contributed by atoms with Gasteiger partial charge >= 0.3 is 0 Å². The summed E-state index contributed by atoms with van der Waals surface area (Å²) in [6, 6.07) is 16.4. The molecule has 0 aliphatic carbocycles. The molecule has 160 valence electrons. The standard InChI is InChI=1S/C23H27ClN2O4/c1-18(30-21-10-8-19(24)9-11-21)23(28)26-14-5-13-25(15-16-26)22(27)12-17-29-20-6-3-2-4-7-20/h2-4,6-11,18H,5,12-17H2,1H3. The fraction of sp³-hybridized carbons (Fsp3) is 0.391. The monoisotopic (exact) mass is 430 g/mol. The molecule has 0 saturated carbocycles. The van der Waals surface area contributed by atoms with Crippen molar-refractivity contribution in [3.05, 3.63) is 59.6 Å². The van der Waals surface area contributed by atoms with Crippen molar-refractivity contribution in [2.75, 3.05) is 32.8 Å². The van der Waals surface area contributed by atoms with Gasteiger partial charge in [-0.2, -0.15) is 0 Å². The summed E-state index contributed by atoms with van der Waals surface area (Å²) < 4.78 is 11.4. The van der Waals surface area contributed by atoms with E-state index in [1.54, 1.807) is 36.1 Å². The third-order valence-electron chi connectivity index (χ3n) is 4.96. The Morgan fingerprint density at radius 2 is 1.60 bits per heavy atom. The molecule has 1 unspecified atom stereocenters. The molecule has 2 aromatic rings. The van der Waals surface area contributed by atoms with Gasteiger partial charge < -0.3 is 19.3 Å². The van der Waals surface area contributed by atoms with Crippen molar-refractivity contribution >= 4 is 23.4 Å². The number of halogens is 1. The van der Waals surface area contributed by atoms with Gasteiger partial charge in [0.1, 0.15) is 11.5 Å². The van der Waals surface area contributed by atoms with Crippen LogP contribution in [-0.2, 0) is 9.59 Å². The summed E-state index contributed by atoms with van der Waals surface area (Å²) in [7, 11) is 0. The minimum atomic E-state index is -0.604. The Balaban J connectivity index is 1.44. The molecule has 0 radical (unpaired) electrons. The number of para-hydroxylation sites is 1. The second kappa shape index (κ2) is 10.9. The molecule has 7 heteroatoms. The lowest BCUT2D eigenvalue weighted by molar-refractivity contribution is -0.138. The summed E-state index contributed by atoms with van der Waals surface area (Å²) in [5, 5.41) is 0.618. The number of hydrogen-bond acceptors (Lipinski definition) is 4. The molecule has 2 aromatic carbocycles.